The average Bonchev–Trinajstić information content (AvgIpc) is 3.50. The van der Waals surface area contributed by atoms with Gasteiger partial charge in [0, 0.05) is 25.6 Å². The molecule has 8 rings (SSSR count). The molecule has 2 aliphatic heterocycles. The molecule has 6 aliphatic rings. The van der Waals surface area contributed by atoms with Crippen molar-refractivity contribution in [1.82, 2.24) is 14.8 Å². The van der Waals surface area contributed by atoms with Crippen LogP contribution in [0, 0.1) is 23.2 Å². The fourth-order valence-electron chi connectivity index (χ4n) is 8.57. The van der Waals surface area contributed by atoms with E-state index in [1.807, 2.05) is 11.0 Å². The summed E-state index contributed by atoms with van der Waals surface area (Å²) in [7, 11) is 0. The Bertz CT molecular complexity index is 1050. The van der Waals surface area contributed by atoms with Gasteiger partial charge in [-0.2, -0.15) is 0 Å². The van der Waals surface area contributed by atoms with Gasteiger partial charge >= 0.3 is 0 Å². The first-order valence-corrected chi connectivity index (χ1v) is 14.3. The molecule has 1 aromatic heterocycles. The number of aromatic nitrogens is 1. The molecule has 34 heavy (non-hydrogen) atoms. The molecule has 1 atom stereocenters. The van der Waals surface area contributed by atoms with Crippen molar-refractivity contribution in [3.8, 4) is 0 Å². The van der Waals surface area contributed by atoms with Crippen molar-refractivity contribution in [3.63, 3.8) is 0 Å². The van der Waals surface area contributed by atoms with Gasteiger partial charge in [-0.3, -0.25) is 9.59 Å². The Labute approximate surface area is 205 Å². The van der Waals surface area contributed by atoms with E-state index in [2.05, 4.69) is 23.1 Å². The van der Waals surface area contributed by atoms with Gasteiger partial charge in [0.1, 0.15) is 6.04 Å². The third kappa shape index (κ3) is 3.42. The Kier molecular flexibility index (Phi) is 5.05. The number of hydrogen-bond donors (Lipinski definition) is 0. The van der Waals surface area contributed by atoms with Crippen LogP contribution in [0.2, 0.25) is 0 Å². The summed E-state index contributed by atoms with van der Waals surface area (Å²) in [5.74, 6) is 3.26. The van der Waals surface area contributed by atoms with E-state index >= 15 is 0 Å². The van der Waals surface area contributed by atoms with Gasteiger partial charge in [-0.05, 0) is 94.1 Å². The fraction of sp³-hybridized carbons (Fsp3) is 0.679. The van der Waals surface area contributed by atoms with Gasteiger partial charge in [-0.1, -0.05) is 12.1 Å². The van der Waals surface area contributed by atoms with Crippen LogP contribution in [-0.4, -0.2) is 52.3 Å². The topological polar surface area (TPSA) is 53.5 Å². The van der Waals surface area contributed by atoms with Crippen molar-refractivity contribution in [2.75, 3.05) is 19.6 Å². The van der Waals surface area contributed by atoms with Gasteiger partial charge in [0.25, 0.3) is 0 Å². The van der Waals surface area contributed by atoms with Crippen LogP contribution in [-0.2, 0) is 9.59 Å². The van der Waals surface area contributed by atoms with Crippen molar-refractivity contribution in [1.29, 1.82) is 0 Å². The molecule has 4 saturated carbocycles. The zero-order chi connectivity index (χ0) is 22.9. The Morgan fingerprint density at radius 3 is 2.26 bits per heavy atom. The largest absolute Gasteiger partial charge is 0.341 e. The van der Waals surface area contributed by atoms with E-state index < -0.39 is 0 Å². The van der Waals surface area contributed by atoms with Crippen molar-refractivity contribution in [3.05, 3.63) is 29.3 Å². The van der Waals surface area contributed by atoms with Crippen LogP contribution in [0.25, 0.3) is 10.2 Å². The van der Waals surface area contributed by atoms with E-state index in [9.17, 15) is 9.59 Å². The first kappa shape index (κ1) is 21.3. The second kappa shape index (κ2) is 8.04. The highest BCUT2D eigenvalue weighted by Gasteiger charge is 2.57. The normalized spacial score (nSPS) is 35.4. The summed E-state index contributed by atoms with van der Waals surface area (Å²) < 4.78 is 1.25. The predicted octanol–water partition coefficient (Wildman–Crippen LogP) is 5.21. The van der Waals surface area contributed by atoms with E-state index in [-0.39, 0.29) is 17.4 Å². The number of carbonyl (C=O) groups is 2. The molecular formula is C28H35N3O2S. The summed E-state index contributed by atoms with van der Waals surface area (Å²) in [6, 6.07) is 8.13. The number of thiazole rings is 1. The van der Waals surface area contributed by atoms with Gasteiger partial charge < -0.3 is 9.80 Å². The van der Waals surface area contributed by atoms with Gasteiger partial charge in [-0.25, -0.2) is 4.98 Å². The number of para-hydroxylation sites is 1. The lowest BCUT2D eigenvalue weighted by atomic mass is 9.49. The van der Waals surface area contributed by atoms with Gasteiger partial charge in [0.2, 0.25) is 11.8 Å². The van der Waals surface area contributed by atoms with Crippen molar-refractivity contribution in [2.24, 2.45) is 23.2 Å². The van der Waals surface area contributed by atoms with E-state index in [1.165, 1.54) is 29.0 Å². The maximum absolute atomic E-state index is 14.0. The minimum atomic E-state index is -0.223. The molecule has 2 amide bonds. The summed E-state index contributed by atoms with van der Waals surface area (Å²) in [6.07, 6.45) is 11.1. The van der Waals surface area contributed by atoms with E-state index in [0.29, 0.717) is 11.8 Å². The van der Waals surface area contributed by atoms with E-state index in [1.54, 1.807) is 11.3 Å². The molecule has 0 radical (unpaired) electrons. The highest BCUT2D eigenvalue weighted by Crippen LogP contribution is 2.60. The minimum Gasteiger partial charge on any atom is -0.341 e. The van der Waals surface area contributed by atoms with Gasteiger partial charge in [-0.15, -0.1) is 11.3 Å². The van der Waals surface area contributed by atoms with Gasteiger partial charge in [0.15, 0.2) is 0 Å². The predicted molar refractivity (Wildman–Crippen MR) is 134 cm³/mol. The highest BCUT2D eigenvalue weighted by molar-refractivity contribution is 7.18. The summed E-state index contributed by atoms with van der Waals surface area (Å²) >= 11 is 1.80. The first-order chi connectivity index (χ1) is 16.6. The van der Waals surface area contributed by atoms with Gasteiger partial charge in [0.05, 0.1) is 20.6 Å². The molecule has 5 nitrogen and oxygen atoms in total. The summed E-state index contributed by atoms with van der Waals surface area (Å²) in [5.41, 5.74) is 0.947. The van der Waals surface area contributed by atoms with Crippen LogP contribution >= 0.6 is 11.3 Å². The molecule has 4 aliphatic carbocycles. The lowest BCUT2D eigenvalue weighted by molar-refractivity contribution is -0.162. The summed E-state index contributed by atoms with van der Waals surface area (Å²) in [6.45, 7) is 2.35. The molecule has 6 heteroatoms. The van der Waals surface area contributed by atoms with Crippen LogP contribution in [0.4, 0.5) is 0 Å². The number of carbonyl (C=O) groups excluding carboxylic acids is 2. The van der Waals surface area contributed by atoms with E-state index in [0.717, 1.165) is 87.9 Å². The summed E-state index contributed by atoms with van der Waals surface area (Å²) in [4.78, 5) is 36.6. The molecule has 0 spiro atoms. The maximum Gasteiger partial charge on any atom is 0.245 e. The number of amides is 2. The van der Waals surface area contributed by atoms with Crippen molar-refractivity contribution >= 4 is 33.4 Å². The zero-order valence-electron chi connectivity index (χ0n) is 20.0. The smallest absolute Gasteiger partial charge is 0.245 e. The molecule has 180 valence electrons. The third-order valence-corrected chi connectivity index (χ3v) is 11.0. The van der Waals surface area contributed by atoms with Crippen LogP contribution < -0.4 is 0 Å². The zero-order valence-corrected chi connectivity index (χ0v) is 20.8. The number of nitrogens with zero attached hydrogens (tertiary/aromatic N) is 3. The molecule has 1 aromatic carbocycles. The SMILES string of the molecule is O=C(C1CCCN1C(=O)C12CC3CC(CC(C3)C1)C2)N1CCC(c2nc3ccccc3s2)CC1. The Morgan fingerprint density at radius 1 is 0.912 bits per heavy atom. The number of piperidine rings is 1. The molecule has 3 heterocycles. The second-order valence-electron chi connectivity index (χ2n) is 12.0. The monoisotopic (exact) mass is 477 g/mol. The van der Waals surface area contributed by atoms with Crippen molar-refractivity contribution in [2.45, 2.75) is 76.2 Å². The average molecular weight is 478 g/mol. The van der Waals surface area contributed by atoms with Crippen LogP contribution in [0.15, 0.2) is 24.3 Å². The molecule has 1 unspecified atom stereocenters. The molecule has 6 fully saturated rings. The highest BCUT2D eigenvalue weighted by atomic mass is 32.1. The first-order valence-electron chi connectivity index (χ1n) is 13.5. The maximum atomic E-state index is 14.0. The molecular weight excluding hydrogens is 442 g/mol. The van der Waals surface area contributed by atoms with Crippen LogP contribution in [0.1, 0.15) is 75.1 Å². The number of hydrogen-bond acceptors (Lipinski definition) is 4. The Morgan fingerprint density at radius 2 is 1.59 bits per heavy atom. The molecule has 2 aromatic rings. The Balaban J connectivity index is 1.03. The molecule has 0 N–H and O–H groups in total. The van der Waals surface area contributed by atoms with E-state index in [4.69, 9.17) is 4.98 Å². The number of likely N-dealkylation sites (tertiary alicyclic amines) is 2. The quantitative estimate of drug-likeness (QED) is 0.610. The lowest BCUT2D eigenvalue weighted by Gasteiger charge is -2.56. The minimum absolute atomic E-state index is 0.141. The lowest BCUT2D eigenvalue weighted by Crippen LogP contribution is -2.57. The molecule has 4 bridgehead atoms. The second-order valence-corrected chi connectivity index (χ2v) is 13.0. The molecule has 2 saturated heterocycles. The number of fused-ring (bicyclic) bond motifs is 1. The van der Waals surface area contributed by atoms with Crippen LogP contribution in [0.3, 0.4) is 0 Å². The van der Waals surface area contributed by atoms with Crippen molar-refractivity contribution < 1.29 is 9.59 Å². The standard InChI is InChI=1S/C28H35N3O2S/c32-26(30-10-7-21(8-11-30)25-29-22-4-1-2-6-24(22)34-25)23-5-3-9-31(23)27(33)28-15-18-12-19(16-28)14-20(13-18)17-28/h1-2,4,6,18-21,23H,3,5,7-17H2. The number of benzene rings is 1. The number of rotatable bonds is 3. The summed E-state index contributed by atoms with van der Waals surface area (Å²) in [5, 5.41) is 1.22. The fourth-order valence-corrected chi connectivity index (χ4v) is 9.70. The Hall–Kier alpha value is -1.95. The van der Waals surface area contributed by atoms with Crippen LogP contribution in [0.5, 0.6) is 0 Å². The third-order valence-electron chi connectivity index (χ3n) is 9.76.